The summed E-state index contributed by atoms with van der Waals surface area (Å²) in [7, 11) is 0. The average molecular weight is 389 g/mol. The summed E-state index contributed by atoms with van der Waals surface area (Å²) >= 11 is 0. The first kappa shape index (κ1) is 20.0. The normalized spacial score (nSPS) is 10.2. The first-order valence-electron chi connectivity index (χ1n) is 9.39. The number of aryl methyl sites for hydroxylation is 1. The zero-order valence-electron chi connectivity index (χ0n) is 16.2. The monoisotopic (exact) mass is 389 g/mol. The Labute approximate surface area is 169 Å². The Morgan fingerprint density at radius 1 is 0.897 bits per heavy atom. The van der Waals surface area contributed by atoms with Crippen LogP contribution in [0.1, 0.15) is 29.4 Å². The second-order valence-corrected chi connectivity index (χ2v) is 6.52. The van der Waals surface area contributed by atoms with Gasteiger partial charge in [0, 0.05) is 30.9 Å². The molecule has 0 aliphatic carbocycles. The number of aromatic nitrogens is 2. The van der Waals surface area contributed by atoms with Crippen molar-refractivity contribution in [2.24, 2.45) is 0 Å². The fourth-order valence-corrected chi connectivity index (χ4v) is 2.80. The SMILES string of the molecule is CC(=O)Nc1cccc(NC(=O)c2cc(NCCCc3ccccc3)ncn2)c1. The number of anilines is 3. The lowest BCUT2D eigenvalue weighted by Gasteiger charge is -2.09. The summed E-state index contributed by atoms with van der Waals surface area (Å²) in [5, 5.41) is 8.69. The minimum Gasteiger partial charge on any atom is -0.370 e. The van der Waals surface area contributed by atoms with Gasteiger partial charge in [0.05, 0.1) is 0 Å². The Balaban J connectivity index is 1.54. The van der Waals surface area contributed by atoms with Crippen molar-refractivity contribution in [1.29, 1.82) is 0 Å². The molecular weight excluding hydrogens is 366 g/mol. The first-order chi connectivity index (χ1) is 14.1. The van der Waals surface area contributed by atoms with E-state index in [9.17, 15) is 9.59 Å². The van der Waals surface area contributed by atoms with Gasteiger partial charge in [0.2, 0.25) is 5.91 Å². The van der Waals surface area contributed by atoms with Crippen molar-refractivity contribution in [3.8, 4) is 0 Å². The third kappa shape index (κ3) is 6.42. The predicted octanol–water partition coefficient (Wildman–Crippen LogP) is 3.73. The van der Waals surface area contributed by atoms with Gasteiger partial charge >= 0.3 is 0 Å². The number of carbonyl (C=O) groups is 2. The maximum atomic E-state index is 12.5. The summed E-state index contributed by atoms with van der Waals surface area (Å²) in [4.78, 5) is 31.9. The molecule has 7 heteroatoms. The van der Waals surface area contributed by atoms with E-state index in [1.54, 1.807) is 30.3 Å². The molecule has 3 rings (SSSR count). The van der Waals surface area contributed by atoms with Crippen molar-refractivity contribution in [3.63, 3.8) is 0 Å². The molecule has 0 aliphatic heterocycles. The summed E-state index contributed by atoms with van der Waals surface area (Å²) in [5.41, 5.74) is 2.73. The number of amides is 2. The van der Waals surface area contributed by atoms with Crippen LogP contribution in [-0.4, -0.2) is 28.3 Å². The van der Waals surface area contributed by atoms with E-state index in [0.29, 0.717) is 17.2 Å². The van der Waals surface area contributed by atoms with Gasteiger partial charge < -0.3 is 16.0 Å². The van der Waals surface area contributed by atoms with Gasteiger partial charge in [-0.2, -0.15) is 0 Å². The number of rotatable bonds is 8. The molecule has 0 saturated heterocycles. The van der Waals surface area contributed by atoms with Gasteiger partial charge in [0.25, 0.3) is 5.91 Å². The molecule has 0 bridgehead atoms. The Morgan fingerprint density at radius 3 is 2.41 bits per heavy atom. The van der Waals surface area contributed by atoms with Gasteiger partial charge in [-0.25, -0.2) is 9.97 Å². The minimum atomic E-state index is -0.347. The third-order valence-corrected chi connectivity index (χ3v) is 4.13. The molecule has 0 radical (unpaired) electrons. The summed E-state index contributed by atoms with van der Waals surface area (Å²) in [6.45, 7) is 2.17. The van der Waals surface area contributed by atoms with E-state index in [0.717, 1.165) is 19.4 Å². The fourth-order valence-electron chi connectivity index (χ4n) is 2.80. The maximum Gasteiger partial charge on any atom is 0.274 e. The van der Waals surface area contributed by atoms with Gasteiger partial charge in [-0.05, 0) is 36.6 Å². The highest BCUT2D eigenvalue weighted by Crippen LogP contribution is 2.16. The number of carbonyl (C=O) groups excluding carboxylic acids is 2. The van der Waals surface area contributed by atoms with Crippen molar-refractivity contribution in [2.45, 2.75) is 19.8 Å². The predicted molar refractivity (Wildman–Crippen MR) is 114 cm³/mol. The smallest absolute Gasteiger partial charge is 0.274 e. The molecule has 3 aromatic rings. The zero-order chi connectivity index (χ0) is 20.5. The van der Waals surface area contributed by atoms with E-state index in [4.69, 9.17) is 0 Å². The molecule has 148 valence electrons. The van der Waals surface area contributed by atoms with E-state index >= 15 is 0 Å². The highest BCUT2D eigenvalue weighted by Gasteiger charge is 2.10. The van der Waals surface area contributed by atoms with Crippen LogP contribution in [0.4, 0.5) is 17.2 Å². The lowest BCUT2D eigenvalue weighted by molar-refractivity contribution is -0.114. The van der Waals surface area contributed by atoms with Crippen LogP contribution in [-0.2, 0) is 11.2 Å². The molecule has 0 unspecified atom stereocenters. The number of benzene rings is 2. The number of hydrogen-bond donors (Lipinski definition) is 3. The minimum absolute atomic E-state index is 0.174. The van der Waals surface area contributed by atoms with Crippen LogP contribution in [0.2, 0.25) is 0 Å². The summed E-state index contributed by atoms with van der Waals surface area (Å²) in [6, 6.07) is 18.8. The Kier molecular flexibility index (Phi) is 6.89. The van der Waals surface area contributed by atoms with Crippen molar-refractivity contribution in [2.75, 3.05) is 22.5 Å². The quantitative estimate of drug-likeness (QED) is 0.510. The zero-order valence-corrected chi connectivity index (χ0v) is 16.2. The van der Waals surface area contributed by atoms with E-state index < -0.39 is 0 Å². The third-order valence-electron chi connectivity index (χ3n) is 4.13. The molecule has 0 aliphatic rings. The number of hydrogen-bond acceptors (Lipinski definition) is 5. The van der Waals surface area contributed by atoms with Crippen molar-refractivity contribution >= 4 is 29.0 Å². The molecule has 0 saturated carbocycles. The van der Waals surface area contributed by atoms with Crippen molar-refractivity contribution < 1.29 is 9.59 Å². The van der Waals surface area contributed by atoms with Gasteiger partial charge in [0.15, 0.2) is 0 Å². The molecule has 29 heavy (non-hydrogen) atoms. The van der Waals surface area contributed by atoms with E-state index in [2.05, 4.69) is 38.1 Å². The van der Waals surface area contributed by atoms with Gasteiger partial charge in [0.1, 0.15) is 17.8 Å². The molecule has 0 spiro atoms. The fraction of sp³-hybridized carbons (Fsp3) is 0.182. The van der Waals surface area contributed by atoms with Crippen LogP contribution in [0, 0.1) is 0 Å². The topological polar surface area (TPSA) is 96.0 Å². The molecule has 7 nitrogen and oxygen atoms in total. The second-order valence-electron chi connectivity index (χ2n) is 6.52. The first-order valence-corrected chi connectivity index (χ1v) is 9.39. The molecule has 1 aromatic heterocycles. The Hall–Kier alpha value is -3.74. The van der Waals surface area contributed by atoms with Crippen molar-refractivity contribution in [3.05, 3.63) is 78.2 Å². The molecule has 3 N–H and O–H groups in total. The number of nitrogens with zero attached hydrogens (tertiary/aromatic N) is 2. The Bertz CT molecular complexity index is 976. The lowest BCUT2D eigenvalue weighted by Crippen LogP contribution is -2.15. The lowest BCUT2D eigenvalue weighted by atomic mass is 10.1. The maximum absolute atomic E-state index is 12.5. The Morgan fingerprint density at radius 2 is 1.66 bits per heavy atom. The summed E-state index contributed by atoms with van der Waals surface area (Å²) < 4.78 is 0. The van der Waals surface area contributed by atoms with Crippen LogP contribution < -0.4 is 16.0 Å². The molecule has 2 aromatic carbocycles. The van der Waals surface area contributed by atoms with E-state index in [1.807, 2.05) is 18.2 Å². The molecule has 0 fully saturated rings. The van der Waals surface area contributed by atoms with Crippen LogP contribution >= 0.6 is 0 Å². The van der Waals surface area contributed by atoms with Crippen LogP contribution in [0.15, 0.2) is 67.0 Å². The van der Waals surface area contributed by atoms with Gasteiger partial charge in [-0.3, -0.25) is 9.59 Å². The van der Waals surface area contributed by atoms with E-state index in [-0.39, 0.29) is 17.5 Å². The standard InChI is InChI=1S/C22H23N5O2/c1-16(28)26-18-10-5-11-19(13-18)27-22(29)20-14-21(25-15-24-20)23-12-6-9-17-7-3-2-4-8-17/h2-5,7-8,10-11,13-15H,6,9,12H2,1H3,(H,26,28)(H,27,29)(H,23,24,25). The molecule has 1 heterocycles. The molecule has 0 atom stereocenters. The highest BCUT2D eigenvalue weighted by molar-refractivity contribution is 6.03. The van der Waals surface area contributed by atoms with Gasteiger partial charge in [-0.15, -0.1) is 0 Å². The van der Waals surface area contributed by atoms with Gasteiger partial charge in [-0.1, -0.05) is 36.4 Å². The van der Waals surface area contributed by atoms with E-state index in [1.165, 1.54) is 18.8 Å². The molecule has 2 amide bonds. The van der Waals surface area contributed by atoms with Crippen LogP contribution in [0.25, 0.3) is 0 Å². The summed E-state index contributed by atoms with van der Waals surface area (Å²) in [5.74, 6) is 0.0807. The number of nitrogens with one attached hydrogen (secondary N) is 3. The largest absolute Gasteiger partial charge is 0.370 e. The second kappa shape index (κ2) is 9.98. The van der Waals surface area contributed by atoms with Crippen LogP contribution in [0.3, 0.4) is 0 Å². The average Bonchev–Trinajstić information content (AvgIpc) is 2.72. The molecular formula is C22H23N5O2. The highest BCUT2D eigenvalue weighted by atomic mass is 16.2. The summed E-state index contributed by atoms with van der Waals surface area (Å²) in [6.07, 6.45) is 3.28. The van der Waals surface area contributed by atoms with Crippen LogP contribution in [0.5, 0.6) is 0 Å². The van der Waals surface area contributed by atoms with Crippen molar-refractivity contribution in [1.82, 2.24) is 9.97 Å².